The van der Waals surface area contributed by atoms with E-state index in [2.05, 4.69) is 66.6 Å². The van der Waals surface area contributed by atoms with Crippen LogP contribution in [0.25, 0.3) is 16.5 Å². The molecule has 0 saturated heterocycles. The van der Waals surface area contributed by atoms with Crippen molar-refractivity contribution >= 4 is 27.9 Å². The van der Waals surface area contributed by atoms with Crippen LogP contribution >= 0.6 is 0 Å². The summed E-state index contributed by atoms with van der Waals surface area (Å²) in [5.74, 6) is 0.775. The number of fused-ring (bicyclic) bond motifs is 4. The lowest BCUT2D eigenvalue weighted by Gasteiger charge is -2.35. The van der Waals surface area contributed by atoms with E-state index in [-0.39, 0.29) is 11.8 Å². The van der Waals surface area contributed by atoms with Crippen LogP contribution in [0, 0.1) is 0 Å². The lowest BCUT2D eigenvalue weighted by atomic mass is 9.77. The molecule has 2 heterocycles. The molecular weight excluding hydrogens is 344 g/mol. The third-order valence-electron chi connectivity index (χ3n) is 6.07. The molecule has 1 atom stereocenters. The fraction of sp³-hybridized carbons (Fsp3) is 0.280. The van der Waals surface area contributed by atoms with Crippen LogP contribution in [0.3, 0.4) is 0 Å². The van der Waals surface area contributed by atoms with E-state index in [1.165, 1.54) is 16.7 Å². The van der Waals surface area contributed by atoms with Crippen molar-refractivity contribution in [2.75, 3.05) is 5.32 Å². The highest BCUT2D eigenvalue weighted by atomic mass is 16.1. The third-order valence-corrected chi connectivity index (χ3v) is 6.07. The van der Waals surface area contributed by atoms with Gasteiger partial charge in [0.1, 0.15) is 0 Å². The summed E-state index contributed by atoms with van der Waals surface area (Å²) in [6, 6.07) is 16.9. The van der Waals surface area contributed by atoms with Gasteiger partial charge >= 0.3 is 0 Å². The molecule has 2 aromatic carbocycles. The number of ketones is 1. The van der Waals surface area contributed by atoms with Gasteiger partial charge in [0.15, 0.2) is 5.78 Å². The van der Waals surface area contributed by atoms with Crippen LogP contribution in [-0.2, 0) is 4.79 Å². The molecule has 0 amide bonds. The van der Waals surface area contributed by atoms with E-state index in [0.717, 1.165) is 40.6 Å². The Balaban J connectivity index is 1.71. The maximum atomic E-state index is 13.0. The quantitative estimate of drug-likeness (QED) is 0.600. The van der Waals surface area contributed by atoms with Gasteiger partial charge in [0.2, 0.25) is 0 Å². The zero-order valence-corrected chi connectivity index (χ0v) is 16.3. The van der Waals surface area contributed by atoms with Gasteiger partial charge in [-0.1, -0.05) is 44.2 Å². The zero-order chi connectivity index (χ0) is 19.3. The summed E-state index contributed by atoms with van der Waals surface area (Å²) >= 11 is 0. The maximum Gasteiger partial charge on any atom is 0.161 e. The van der Waals surface area contributed by atoms with Crippen molar-refractivity contribution in [3.63, 3.8) is 0 Å². The Labute approximate surface area is 165 Å². The summed E-state index contributed by atoms with van der Waals surface area (Å²) in [6.07, 6.45) is 4.34. The van der Waals surface area contributed by atoms with E-state index in [0.29, 0.717) is 12.3 Å². The van der Waals surface area contributed by atoms with Crippen LogP contribution in [0.15, 0.2) is 60.3 Å². The first kappa shape index (κ1) is 17.2. The minimum Gasteiger partial charge on any atom is -0.373 e. The third kappa shape index (κ3) is 2.65. The second-order valence-corrected chi connectivity index (χ2v) is 8.13. The van der Waals surface area contributed by atoms with Crippen molar-refractivity contribution in [2.45, 2.75) is 45.1 Å². The molecule has 1 aliphatic heterocycles. The molecule has 3 nitrogen and oxygen atoms in total. The van der Waals surface area contributed by atoms with E-state index in [4.69, 9.17) is 0 Å². The number of carbonyl (C=O) groups excluding carboxylic acids is 1. The van der Waals surface area contributed by atoms with E-state index in [1.807, 2.05) is 12.3 Å². The number of anilines is 1. The van der Waals surface area contributed by atoms with Gasteiger partial charge in [0, 0.05) is 34.8 Å². The number of carbonyl (C=O) groups is 1. The Hall–Kier alpha value is -2.94. The van der Waals surface area contributed by atoms with Gasteiger partial charge in [-0.3, -0.25) is 9.78 Å². The number of pyridine rings is 1. The van der Waals surface area contributed by atoms with Gasteiger partial charge in [-0.05, 0) is 53.7 Å². The molecular formula is C25H24N2O. The highest BCUT2D eigenvalue weighted by Gasteiger charge is 2.34. The molecule has 140 valence electrons. The highest BCUT2D eigenvalue weighted by Crippen LogP contribution is 2.47. The number of nitrogens with one attached hydrogen (secondary N) is 1. The van der Waals surface area contributed by atoms with Crippen LogP contribution in [0.2, 0.25) is 0 Å². The van der Waals surface area contributed by atoms with Gasteiger partial charge in [0.05, 0.1) is 11.6 Å². The Morgan fingerprint density at radius 3 is 2.64 bits per heavy atom. The highest BCUT2D eigenvalue weighted by molar-refractivity contribution is 6.12. The predicted molar refractivity (Wildman–Crippen MR) is 114 cm³/mol. The minimum atomic E-state index is -0.0781. The summed E-state index contributed by atoms with van der Waals surface area (Å²) in [5.41, 5.74) is 7.89. The maximum absolute atomic E-state index is 13.0. The van der Waals surface area contributed by atoms with Crippen molar-refractivity contribution in [2.24, 2.45) is 0 Å². The first-order valence-corrected chi connectivity index (χ1v) is 10.1. The van der Waals surface area contributed by atoms with Crippen molar-refractivity contribution in [3.05, 3.63) is 77.0 Å². The molecule has 1 N–H and O–H groups in total. The Bertz CT molecular complexity index is 1110. The van der Waals surface area contributed by atoms with Gasteiger partial charge < -0.3 is 5.32 Å². The molecule has 0 unspecified atom stereocenters. The summed E-state index contributed by atoms with van der Waals surface area (Å²) in [5, 5.41) is 4.81. The molecule has 0 spiro atoms. The number of Topliss-reactive ketones (excluding diaryl/α,β-unsaturated/α-hetero) is 1. The van der Waals surface area contributed by atoms with E-state index in [1.54, 1.807) is 0 Å². The van der Waals surface area contributed by atoms with Crippen LogP contribution in [0.4, 0.5) is 5.69 Å². The standard InChI is InChI=1S/C25H24N2O/c1-15(2)16-8-10-17(11-9-16)25-24-19(5-3-7-22(24)28)23-18-6-4-14-26-20(18)12-13-21(23)27-25/h4,6,8-15,25,27H,3,5,7H2,1-2H3/t25-/m0/s1. The van der Waals surface area contributed by atoms with Gasteiger partial charge in [-0.15, -0.1) is 0 Å². The lowest BCUT2D eigenvalue weighted by Crippen LogP contribution is -2.27. The molecule has 28 heavy (non-hydrogen) atoms. The number of aromatic nitrogens is 1. The van der Waals surface area contributed by atoms with Crippen molar-refractivity contribution < 1.29 is 4.79 Å². The van der Waals surface area contributed by atoms with E-state index in [9.17, 15) is 4.79 Å². The number of nitrogens with zero attached hydrogens (tertiary/aromatic N) is 1. The number of hydrogen-bond acceptors (Lipinski definition) is 3. The summed E-state index contributed by atoms with van der Waals surface area (Å²) in [7, 11) is 0. The fourth-order valence-corrected chi connectivity index (χ4v) is 4.61. The Morgan fingerprint density at radius 1 is 1.04 bits per heavy atom. The van der Waals surface area contributed by atoms with Crippen LogP contribution < -0.4 is 5.32 Å². The molecule has 1 aliphatic carbocycles. The van der Waals surface area contributed by atoms with Crippen LogP contribution in [-0.4, -0.2) is 10.8 Å². The molecule has 3 heteroatoms. The second kappa shape index (κ2) is 6.59. The van der Waals surface area contributed by atoms with E-state index < -0.39 is 0 Å². The smallest absolute Gasteiger partial charge is 0.161 e. The number of rotatable bonds is 2. The largest absolute Gasteiger partial charge is 0.373 e. The Kier molecular flexibility index (Phi) is 4.04. The molecule has 2 aliphatic rings. The Morgan fingerprint density at radius 2 is 1.86 bits per heavy atom. The minimum absolute atomic E-state index is 0.0781. The molecule has 0 saturated carbocycles. The van der Waals surface area contributed by atoms with Gasteiger partial charge in [0.25, 0.3) is 0 Å². The average molecular weight is 368 g/mol. The first-order chi connectivity index (χ1) is 13.6. The number of allylic oxidation sites excluding steroid dienone is 1. The first-order valence-electron chi connectivity index (χ1n) is 10.1. The van der Waals surface area contributed by atoms with Gasteiger partial charge in [-0.25, -0.2) is 0 Å². The van der Waals surface area contributed by atoms with Gasteiger partial charge in [-0.2, -0.15) is 0 Å². The number of benzene rings is 2. The molecule has 1 aromatic heterocycles. The van der Waals surface area contributed by atoms with Crippen molar-refractivity contribution in [3.8, 4) is 0 Å². The zero-order valence-electron chi connectivity index (χ0n) is 16.3. The predicted octanol–water partition coefficient (Wildman–Crippen LogP) is 6.03. The summed E-state index contributed by atoms with van der Waals surface area (Å²) in [6.45, 7) is 4.41. The SMILES string of the molecule is CC(C)c1ccc([C@@H]2Nc3ccc4ncccc4c3C3=C2C(=O)CCC3)cc1. The van der Waals surface area contributed by atoms with Crippen LogP contribution in [0.5, 0.6) is 0 Å². The lowest BCUT2D eigenvalue weighted by molar-refractivity contribution is -0.116. The fourth-order valence-electron chi connectivity index (χ4n) is 4.61. The van der Waals surface area contributed by atoms with Crippen molar-refractivity contribution in [1.29, 1.82) is 0 Å². The normalized spacial score (nSPS) is 18.8. The average Bonchev–Trinajstić information content (AvgIpc) is 2.73. The van der Waals surface area contributed by atoms with Crippen LogP contribution in [0.1, 0.15) is 61.8 Å². The number of hydrogen-bond donors (Lipinski definition) is 1. The molecule has 0 radical (unpaired) electrons. The monoisotopic (exact) mass is 368 g/mol. The summed E-state index contributed by atoms with van der Waals surface area (Å²) in [4.78, 5) is 17.5. The van der Waals surface area contributed by atoms with E-state index >= 15 is 0 Å². The molecule has 0 bridgehead atoms. The second-order valence-electron chi connectivity index (χ2n) is 8.13. The topological polar surface area (TPSA) is 42.0 Å². The molecule has 5 rings (SSSR count). The van der Waals surface area contributed by atoms with Crippen molar-refractivity contribution in [1.82, 2.24) is 4.98 Å². The molecule has 0 fully saturated rings. The summed E-state index contributed by atoms with van der Waals surface area (Å²) < 4.78 is 0. The molecule has 3 aromatic rings.